The van der Waals surface area contributed by atoms with E-state index in [1.807, 2.05) is 0 Å². The van der Waals surface area contributed by atoms with Crippen LogP contribution in [0.1, 0.15) is 33.3 Å². The maximum Gasteiger partial charge on any atom is 0.408 e. The maximum atomic E-state index is 11.7. The van der Waals surface area contributed by atoms with E-state index in [2.05, 4.69) is 5.32 Å². The van der Waals surface area contributed by atoms with Crippen LogP contribution in [0.25, 0.3) is 0 Å². The smallest absolute Gasteiger partial charge is 0.408 e. The van der Waals surface area contributed by atoms with Crippen molar-refractivity contribution in [3.8, 4) is 5.75 Å². The Balaban J connectivity index is 2.71. The molecule has 1 rings (SSSR count). The van der Waals surface area contributed by atoms with Crippen molar-refractivity contribution in [1.82, 2.24) is 5.32 Å². The summed E-state index contributed by atoms with van der Waals surface area (Å²) in [5.41, 5.74) is -0.0992. The van der Waals surface area contributed by atoms with Crippen LogP contribution in [0, 0.1) is 0 Å². The third-order valence-corrected chi connectivity index (χ3v) is 2.60. The molecule has 7 heteroatoms. The molecule has 1 aromatic rings. The van der Waals surface area contributed by atoms with Gasteiger partial charge in [0.25, 0.3) is 0 Å². The van der Waals surface area contributed by atoms with Crippen molar-refractivity contribution in [2.75, 3.05) is 0 Å². The lowest BCUT2D eigenvalue weighted by Crippen LogP contribution is -2.50. The summed E-state index contributed by atoms with van der Waals surface area (Å²) in [5, 5.41) is 13.4. The van der Waals surface area contributed by atoms with Gasteiger partial charge in [0.1, 0.15) is 11.4 Å². The third-order valence-electron chi connectivity index (χ3n) is 2.60. The van der Waals surface area contributed by atoms with E-state index in [1.165, 1.54) is 19.1 Å². The average Bonchev–Trinajstić information content (AvgIpc) is 2.37. The van der Waals surface area contributed by atoms with Crippen LogP contribution >= 0.6 is 0 Å². The van der Waals surface area contributed by atoms with Crippen LogP contribution in [0.15, 0.2) is 24.3 Å². The van der Waals surface area contributed by atoms with Crippen molar-refractivity contribution < 1.29 is 29.0 Å². The highest BCUT2D eigenvalue weighted by atomic mass is 16.6. The quantitative estimate of drug-likeness (QED) is 0.635. The fourth-order valence-electron chi connectivity index (χ4n) is 1.74. The summed E-state index contributed by atoms with van der Waals surface area (Å²) in [5.74, 6) is -1.51. The molecule has 0 aliphatic heterocycles. The van der Waals surface area contributed by atoms with E-state index in [1.54, 1.807) is 32.9 Å². The topological polar surface area (TPSA) is 105 Å². The number of amides is 1. The molecule has 0 saturated heterocycles. The Morgan fingerprint density at radius 2 is 1.74 bits per heavy atom. The number of esters is 1. The monoisotopic (exact) mass is 322 g/mol. The summed E-state index contributed by atoms with van der Waals surface area (Å²) in [7, 11) is 0. The molecule has 0 spiro atoms. The van der Waals surface area contributed by atoms with Gasteiger partial charge in [-0.1, -0.05) is 12.1 Å². The van der Waals surface area contributed by atoms with Crippen molar-refractivity contribution in [1.29, 1.82) is 0 Å². The first-order valence-electron chi connectivity index (χ1n) is 7.04. The number of carboxylic acid groups (broad SMARTS) is 1. The number of carbonyl (C=O) groups is 3. The van der Waals surface area contributed by atoms with E-state index >= 15 is 0 Å². The SMILES string of the molecule is CC(=O)Oc1ccc(C[C@H](NC(=O)OC(C)(C)C)C(=O)[O-])cc1. The molecule has 0 radical (unpaired) electrons. The van der Waals surface area contributed by atoms with Gasteiger partial charge in [0.05, 0.1) is 12.0 Å². The standard InChI is InChI=1S/C16H21NO6/c1-10(18)22-12-7-5-11(6-8-12)9-13(14(19)20)17-15(21)23-16(2,3)4/h5-8,13H,9H2,1-4H3,(H,17,21)(H,19,20)/p-1/t13-/m0/s1. The van der Waals surface area contributed by atoms with Gasteiger partial charge in [-0.3, -0.25) is 4.79 Å². The van der Waals surface area contributed by atoms with Crippen LogP contribution in [0.5, 0.6) is 5.75 Å². The Morgan fingerprint density at radius 3 is 2.17 bits per heavy atom. The molecule has 1 N–H and O–H groups in total. The second-order valence-corrected chi connectivity index (χ2v) is 5.96. The van der Waals surface area contributed by atoms with Gasteiger partial charge in [0.15, 0.2) is 0 Å². The number of alkyl carbamates (subject to hydrolysis) is 1. The van der Waals surface area contributed by atoms with Crippen molar-refractivity contribution >= 4 is 18.0 Å². The number of hydrogen-bond donors (Lipinski definition) is 1. The van der Waals surface area contributed by atoms with Crippen LogP contribution in [0.3, 0.4) is 0 Å². The van der Waals surface area contributed by atoms with Crippen LogP contribution < -0.4 is 15.2 Å². The van der Waals surface area contributed by atoms with Crippen LogP contribution in [0.2, 0.25) is 0 Å². The van der Waals surface area contributed by atoms with E-state index < -0.39 is 29.7 Å². The average molecular weight is 322 g/mol. The van der Waals surface area contributed by atoms with E-state index in [-0.39, 0.29) is 6.42 Å². The Kier molecular flexibility index (Phi) is 6.12. The van der Waals surface area contributed by atoms with Crippen molar-refractivity contribution in [2.45, 2.75) is 45.8 Å². The zero-order valence-electron chi connectivity index (χ0n) is 13.5. The highest BCUT2D eigenvalue weighted by molar-refractivity contribution is 5.79. The molecule has 0 fully saturated rings. The number of carboxylic acids is 1. The summed E-state index contributed by atoms with van der Waals surface area (Å²) < 4.78 is 9.90. The van der Waals surface area contributed by atoms with Gasteiger partial charge >= 0.3 is 12.1 Å². The molecular formula is C16H20NO6-. The normalized spacial score (nSPS) is 12.2. The summed E-state index contributed by atoms with van der Waals surface area (Å²) in [6.45, 7) is 6.31. The molecule has 0 heterocycles. The van der Waals surface area contributed by atoms with Gasteiger partial charge < -0.3 is 24.7 Å². The lowest BCUT2D eigenvalue weighted by Gasteiger charge is -2.24. The highest BCUT2D eigenvalue weighted by Crippen LogP contribution is 2.14. The van der Waals surface area contributed by atoms with Crippen LogP contribution in [-0.2, 0) is 20.7 Å². The molecule has 0 aliphatic carbocycles. The highest BCUT2D eigenvalue weighted by Gasteiger charge is 2.20. The minimum atomic E-state index is -1.42. The molecule has 1 amide bonds. The third kappa shape index (κ3) is 7.30. The van der Waals surface area contributed by atoms with E-state index in [9.17, 15) is 19.5 Å². The molecule has 0 aromatic heterocycles. The van der Waals surface area contributed by atoms with E-state index in [4.69, 9.17) is 9.47 Å². The summed E-state index contributed by atoms with van der Waals surface area (Å²) in [6, 6.07) is 5.05. The summed E-state index contributed by atoms with van der Waals surface area (Å²) in [6.07, 6.45) is -0.815. The Labute approximate surface area is 134 Å². The van der Waals surface area contributed by atoms with Gasteiger partial charge in [-0.2, -0.15) is 0 Å². The molecule has 0 aliphatic rings. The zero-order valence-corrected chi connectivity index (χ0v) is 13.5. The van der Waals surface area contributed by atoms with Gasteiger partial charge in [-0.25, -0.2) is 4.79 Å². The molecule has 1 aromatic carbocycles. The second kappa shape index (κ2) is 7.62. The second-order valence-electron chi connectivity index (χ2n) is 5.96. The van der Waals surface area contributed by atoms with Crippen LogP contribution in [-0.4, -0.2) is 29.7 Å². The van der Waals surface area contributed by atoms with E-state index in [0.717, 1.165) is 0 Å². The minimum absolute atomic E-state index is 0.0158. The first kappa shape index (κ1) is 18.5. The molecule has 1 atom stereocenters. The number of aliphatic carboxylic acids is 1. The van der Waals surface area contributed by atoms with Crippen molar-refractivity contribution in [2.24, 2.45) is 0 Å². The van der Waals surface area contributed by atoms with Gasteiger partial charge in [0.2, 0.25) is 0 Å². The fraction of sp³-hybridized carbons (Fsp3) is 0.438. The number of carbonyl (C=O) groups excluding carboxylic acids is 3. The van der Waals surface area contributed by atoms with Crippen LogP contribution in [0.4, 0.5) is 4.79 Å². The lowest BCUT2D eigenvalue weighted by molar-refractivity contribution is -0.308. The predicted molar refractivity (Wildman–Crippen MR) is 79.6 cm³/mol. The molecule has 23 heavy (non-hydrogen) atoms. The minimum Gasteiger partial charge on any atom is -0.548 e. The number of nitrogens with one attached hydrogen (secondary N) is 1. The van der Waals surface area contributed by atoms with Gasteiger partial charge in [-0.05, 0) is 44.9 Å². The largest absolute Gasteiger partial charge is 0.548 e. The number of hydrogen-bond acceptors (Lipinski definition) is 6. The Hall–Kier alpha value is -2.57. The van der Waals surface area contributed by atoms with Crippen molar-refractivity contribution in [3.05, 3.63) is 29.8 Å². The van der Waals surface area contributed by atoms with Crippen molar-refractivity contribution in [3.63, 3.8) is 0 Å². The summed E-state index contributed by atoms with van der Waals surface area (Å²) in [4.78, 5) is 33.7. The Bertz CT molecular complexity index is 573. The Morgan fingerprint density at radius 1 is 1.17 bits per heavy atom. The molecular weight excluding hydrogens is 302 g/mol. The lowest BCUT2D eigenvalue weighted by atomic mass is 10.1. The molecule has 0 saturated carbocycles. The molecule has 126 valence electrons. The van der Waals surface area contributed by atoms with Gasteiger partial charge in [-0.15, -0.1) is 0 Å². The predicted octanol–water partition coefficient (Wildman–Crippen LogP) is 0.798. The first-order chi connectivity index (χ1) is 10.6. The summed E-state index contributed by atoms with van der Waals surface area (Å²) >= 11 is 0. The fourth-order valence-corrected chi connectivity index (χ4v) is 1.74. The number of benzene rings is 1. The zero-order chi connectivity index (χ0) is 17.6. The molecule has 0 unspecified atom stereocenters. The number of ether oxygens (including phenoxy) is 2. The number of rotatable bonds is 5. The first-order valence-corrected chi connectivity index (χ1v) is 7.04. The van der Waals surface area contributed by atoms with Gasteiger partial charge in [0, 0.05) is 6.92 Å². The molecule has 7 nitrogen and oxygen atoms in total. The maximum absolute atomic E-state index is 11.7. The van der Waals surface area contributed by atoms with E-state index in [0.29, 0.717) is 11.3 Å². The molecule has 0 bridgehead atoms.